The first-order chi connectivity index (χ1) is 17.0. The van der Waals surface area contributed by atoms with Crippen LogP contribution < -0.4 is 4.90 Å². The topological polar surface area (TPSA) is 56.8 Å². The molecule has 3 fully saturated rings. The minimum Gasteiger partial charge on any atom is -0.353 e. The number of carbonyl (C=O) groups excluding carboxylic acids is 2. The highest BCUT2D eigenvalue weighted by Crippen LogP contribution is 2.38. The zero-order valence-electron chi connectivity index (χ0n) is 20.9. The predicted molar refractivity (Wildman–Crippen MR) is 151 cm³/mol. The number of benzene rings is 1. The highest BCUT2D eigenvalue weighted by molar-refractivity contribution is 14.1. The summed E-state index contributed by atoms with van der Waals surface area (Å²) in [5.74, 6) is 2.01. The molecule has 0 radical (unpaired) electrons. The first kappa shape index (κ1) is 25.4. The predicted octanol–water partition coefficient (Wildman–Crippen LogP) is 5.06. The Morgan fingerprint density at radius 2 is 1.71 bits per heavy atom. The lowest BCUT2D eigenvalue weighted by Gasteiger charge is -2.40. The van der Waals surface area contributed by atoms with Crippen LogP contribution in [0.3, 0.4) is 0 Å². The lowest BCUT2D eigenvalue weighted by atomic mass is 9.78. The van der Waals surface area contributed by atoms with E-state index in [2.05, 4.69) is 63.6 Å². The molecule has 1 saturated carbocycles. The molecule has 2 aromatic rings. The maximum Gasteiger partial charge on any atom is 0.234 e. The number of aromatic nitrogens is 1. The van der Waals surface area contributed by atoms with Crippen molar-refractivity contribution in [3.05, 3.63) is 24.3 Å². The second-order valence-corrected chi connectivity index (χ2v) is 13.4. The van der Waals surface area contributed by atoms with Crippen LogP contribution >= 0.6 is 34.1 Å². The number of fused-ring (bicyclic) bond motifs is 1. The molecule has 5 atom stereocenters. The van der Waals surface area contributed by atoms with Gasteiger partial charge in [-0.05, 0) is 54.8 Å². The number of hydrogen-bond acceptors (Lipinski definition) is 6. The van der Waals surface area contributed by atoms with Crippen molar-refractivity contribution in [2.24, 2.45) is 23.7 Å². The van der Waals surface area contributed by atoms with E-state index in [0.717, 1.165) is 51.4 Å². The third-order valence-electron chi connectivity index (χ3n) is 8.51. The van der Waals surface area contributed by atoms with E-state index in [1.165, 1.54) is 29.3 Å². The van der Waals surface area contributed by atoms with Crippen molar-refractivity contribution in [3.8, 4) is 0 Å². The molecule has 8 heteroatoms. The first-order valence-electron chi connectivity index (χ1n) is 13.3. The summed E-state index contributed by atoms with van der Waals surface area (Å²) in [4.78, 5) is 33.1. The summed E-state index contributed by atoms with van der Waals surface area (Å²) in [6.45, 7) is 9.91. The van der Waals surface area contributed by atoms with Crippen LogP contribution in [0.2, 0.25) is 0 Å². The van der Waals surface area contributed by atoms with Gasteiger partial charge < -0.3 is 4.90 Å². The number of imide groups is 1. The lowest BCUT2D eigenvalue weighted by Crippen LogP contribution is -2.49. The smallest absolute Gasteiger partial charge is 0.234 e. The van der Waals surface area contributed by atoms with Gasteiger partial charge in [-0.2, -0.15) is 4.37 Å². The molecule has 2 aliphatic heterocycles. The van der Waals surface area contributed by atoms with Gasteiger partial charge in [-0.1, -0.05) is 61.4 Å². The SMILES string of the molecule is CC[C@@H]1C(=O)N(C[C@@H]2CCCCC2CN2CCN(c3nsc4ccccc34)CC2)C(=O)[C@@H]1[C@H](C)I. The number of likely N-dealkylation sites (tertiary alicyclic amines) is 1. The zero-order valence-corrected chi connectivity index (χ0v) is 23.8. The summed E-state index contributed by atoms with van der Waals surface area (Å²) in [6.07, 6.45) is 5.57. The van der Waals surface area contributed by atoms with Crippen LogP contribution in [0.1, 0.15) is 46.0 Å². The molecule has 3 heterocycles. The third-order valence-corrected chi connectivity index (χ3v) is 10.1. The molecule has 35 heavy (non-hydrogen) atoms. The molecule has 0 spiro atoms. The summed E-state index contributed by atoms with van der Waals surface area (Å²) in [5, 5.41) is 1.27. The number of hydrogen-bond donors (Lipinski definition) is 0. The van der Waals surface area contributed by atoms with Crippen molar-refractivity contribution in [2.75, 3.05) is 44.2 Å². The van der Waals surface area contributed by atoms with Gasteiger partial charge in [0.05, 0.1) is 16.5 Å². The van der Waals surface area contributed by atoms with Crippen LogP contribution in [0.15, 0.2) is 24.3 Å². The molecule has 1 aliphatic carbocycles. The fourth-order valence-corrected chi connectivity index (χ4v) is 8.12. The van der Waals surface area contributed by atoms with Crippen molar-refractivity contribution in [1.82, 2.24) is 14.2 Å². The van der Waals surface area contributed by atoms with Gasteiger partial charge in [0.25, 0.3) is 0 Å². The summed E-state index contributed by atoms with van der Waals surface area (Å²) in [5.41, 5.74) is 0. The maximum absolute atomic E-state index is 13.2. The minimum absolute atomic E-state index is 0.0807. The average molecular weight is 609 g/mol. The second kappa shape index (κ2) is 11.0. The first-order valence-corrected chi connectivity index (χ1v) is 15.3. The molecule has 1 unspecified atom stereocenters. The molecule has 5 rings (SSSR count). The number of alkyl halides is 1. The van der Waals surface area contributed by atoms with E-state index in [9.17, 15) is 9.59 Å². The van der Waals surface area contributed by atoms with Gasteiger partial charge in [-0.25, -0.2) is 0 Å². The zero-order chi connectivity index (χ0) is 24.5. The monoisotopic (exact) mass is 608 g/mol. The number of halogens is 1. The van der Waals surface area contributed by atoms with Crippen molar-refractivity contribution < 1.29 is 9.59 Å². The summed E-state index contributed by atoms with van der Waals surface area (Å²) >= 11 is 3.92. The Balaban J connectivity index is 1.20. The molecule has 0 bridgehead atoms. The number of piperazine rings is 1. The number of anilines is 1. The molecular weight excluding hydrogens is 571 g/mol. The molecule has 1 aromatic heterocycles. The molecule has 3 aliphatic rings. The van der Waals surface area contributed by atoms with Crippen LogP contribution in [0.5, 0.6) is 0 Å². The largest absolute Gasteiger partial charge is 0.353 e. The molecule has 190 valence electrons. The number of rotatable bonds is 7. The van der Waals surface area contributed by atoms with Crippen LogP contribution in [0, 0.1) is 23.7 Å². The van der Waals surface area contributed by atoms with Gasteiger partial charge in [0.1, 0.15) is 5.82 Å². The Hall–Kier alpha value is -1.26. The minimum atomic E-state index is -0.148. The quantitative estimate of drug-likeness (QED) is 0.250. The van der Waals surface area contributed by atoms with Gasteiger partial charge in [0.2, 0.25) is 11.8 Å². The van der Waals surface area contributed by atoms with E-state index in [1.54, 1.807) is 16.4 Å². The molecule has 2 saturated heterocycles. The van der Waals surface area contributed by atoms with Crippen LogP contribution in [0.4, 0.5) is 5.82 Å². The fraction of sp³-hybridized carbons (Fsp3) is 0.667. The summed E-state index contributed by atoms with van der Waals surface area (Å²) < 4.78 is 6.20. The third kappa shape index (κ3) is 5.12. The van der Waals surface area contributed by atoms with Crippen molar-refractivity contribution >= 4 is 61.8 Å². The normalized spacial score (nSPS) is 29.3. The van der Waals surface area contributed by atoms with E-state index < -0.39 is 0 Å². The molecular formula is C27H37IN4O2S. The number of nitrogens with zero attached hydrogens (tertiary/aromatic N) is 4. The van der Waals surface area contributed by atoms with E-state index in [4.69, 9.17) is 4.37 Å². The Labute approximate surface area is 226 Å². The fourth-order valence-electron chi connectivity index (χ4n) is 6.51. The Morgan fingerprint density at radius 3 is 2.37 bits per heavy atom. The van der Waals surface area contributed by atoms with E-state index in [0.29, 0.717) is 18.4 Å². The second-order valence-electron chi connectivity index (χ2n) is 10.6. The average Bonchev–Trinajstić information content (AvgIpc) is 3.40. The van der Waals surface area contributed by atoms with Gasteiger partial charge in [-0.3, -0.25) is 19.4 Å². The van der Waals surface area contributed by atoms with Gasteiger partial charge in [-0.15, -0.1) is 0 Å². The van der Waals surface area contributed by atoms with Gasteiger partial charge in [0.15, 0.2) is 0 Å². The van der Waals surface area contributed by atoms with Gasteiger partial charge >= 0.3 is 0 Å². The standard InChI is InChI=1S/C27H37IN4O2S/c1-3-21-24(18(2)28)27(34)32(26(21)33)17-20-9-5-4-8-19(20)16-30-12-14-31(15-13-30)25-22-10-6-7-11-23(22)35-29-25/h6-7,10-11,18-21,24H,3-5,8-9,12-17H2,1-2H3/t18-,19?,20-,21-,24+/m0/s1. The summed E-state index contributed by atoms with van der Waals surface area (Å²) in [6, 6.07) is 8.51. The molecule has 0 N–H and O–H groups in total. The van der Waals surface area contributed by atoms with Crippen molar-refractivity contribution in [1.29, 1.82) is 0 Å². The summed E-state index contributed by atoms with van der Waals surface area (Å²) in [7, 11) is 0. The number of amides is 2. The molecule has 2 amide bonds. The molecule has 6 nitrogen and oxygen atoms in total. The number of carbonyl (C=O) groups is 2. The van der Waals surface area contributed by atoms with E-state index >= 15 is 0 Å². The van der Waals surface area contributed by atoms with Crippen LogP contribution in [0.25, 0.3) is 10.1 Å². The molecule has 1 aromatic carbocycles. The highest BCUT2D eigenvalue weighted by Gasteiger charge is 2.49. The van der Waals surface area contributed by atoms with E-state index in [1.807, 2.05) is 6.92 Å². The van der Waals surface area contributed by atoms with Crippen molar-refractivity contribution in [3.63, 3.8) is 0 Å². The van der Waals surface area contributed by atoms with Gasteiger partial charge in [0, 0.05) is 48.6 Å². The Bertz CT molecular complexity index is 1050. The maximum atomic E-state index is 13.2. The van der Waals surface area contributed by atoms with Crippen LogP contribution in [-0.2, 0) is 9.59 Å². The van der Waals surface area contributed by atoms with Crippen molar-refractivity contribution in [2.45, 2.75) is 49.9 Å². The van der Waals surface area contributed by atoms with E-state index in [-0.39, 0.29) is 27.6 Å². The van der Waals surface area contributed by atoms with Crippen LogP contribution in [-0.4, -0.2) is 69.2 Å². The Morgan fingerprint density at radius 1 is 1.03 bits per heavy atom. The highest BCUT2D eigenvalue weighted by atomic mass is 127. The lowest BCUT2D eigenvalue weighted by molar-refractivity contribution is -0.141. The Kier molecular flexibility index (Phi) is 7.99.